The number of hydrogen-bond donors (Lipinski definition) is 4. The van der Waals surface area contributed by atoms with Crippen molar-refractivity contribution in [3.8, 4) is 11.5 Å². The first kappa shape index (κ1) is 21.3. The fraction of sp³-hybridized carbons (Fsp3) is 0.348. The van der Waals surface area contributed by atoms with Gasteiger partial charge in [0.2, 0.25) is 5.43 Å². The van der Waals surface area contributed by atoms with E-state index >= 15 is 0 Å². The van der Waals surface area contributed by atoms with Crippen LogP contribution >= 0.6 is 0 Å². The topological polar surface area (TPSA) is 114 Å². The highest BCUT2D eigenvalue weighted by atomic mass is 19.1. The number of benzene rings is 2. The molecule has 8 heteroatoms. The van der Waals surface area contributed by atoms with Crippen LogP contribution in [0, 0.1) is 12.7 Å². The minimum Gasteiger partial charge on any atom is -0.507 e. The van der Waals surface area contributed by atoms with Crippen molar-refractivity contribution in [3.63, 3.8) is 0 Å². The molecule has 2 heterocycles. The summed E-state index contributed by atoms with van der Waals surface area (Å²) in [5, 5.41) is 42.2. The average molecular weight is 429 g/mol. The van der Waals surface area contributed by atoms with E-state index in [4.69, 9.17) is 4.42 Å². The molecule has 1 aromatic heterocycles. The number of rotatable bonds is 3. The van der Waals surface area contributed by atoms with Crippen LogP contribution in [-0.2, 0) is 0 Å². The monoisotopic (exact) mass is 429 g/mol. The summed E-state index contributed by atoms with van der Waals surface area (Å²) in [5.41, 5.74) is -0.202. The van der Waals surface area contributed by atoms with Gasteiger partial charge < -0.3 is 29.7 Å². The van der Waals surface area contributed by atoms with Crippen molar-refractivity contribution in [3.05, 3.63) is 68.8 Å². The molecule has 1 unspecified atom stereocenters. The van der Waals surface area contributed by atoms with E-state index in [1.807, 2.05) is 11.9 Å². The summed E-state index contributed by atoms with van der Waals surface area (Å²) < 4.78 is 19.1. The van der Waals surface area contributed by atoms with Crippen LogP contribution in [0.15, 0.2) is 39.5 Å². The maximum atomic E-state index is 13.3. The van der Waals surface area contributed by atoms with Crippen LogP contribution < -0.4 is 5.43 Å². The lowest BCUT2D eigenvalue weighted by molar-refractivity contribution is 0.0630. The van der Waals surface area contributed by atoms with Crippen LogP contribution in [0.25, 0.3) is 11.0 Å². The minimum atomic E-state index is -1.40. The number of likely N-dealkylation sites (tertiary alicyclic amines) is 1. The normalized spacial score (nSPS) is 20.8. The molecule has 4 N–H and O–H groups in total. The summed E-state index contributed by atoms with van der Waals surface area (Å²) in [4.78, 5) is 15.3. The van der Waals surface area contributed by atoms with Crippen LogP contribution in [0.3, 0.4) is 0 Å². The van der Waals surface area contributed by atoms with Gasteiger partial charge in [0.05, 0.1) is 11.7 Å². The third-order valence-electron chi connectivity index (χ3n) is 6.00. The number of nitrogens with zero attached hydrogens (tertiary/aromatic N) is 1. The van der Waals surface area contributed by atoms with Crippen LogP contribution in [-0.4, -0.2) is 51.6 Å². The van der Waals surface area contributed by atoms with Gasteiger partial charge >= 0.3 is 0 Å². The Bertz CT molecular complexity index is 1190. The largest absolute Gasteiger partial charge is 0.507 e. The zero-order valence-corrected chi connectivity index (χ0v) is 17.2. The number of phenols is 2. The van der Waals surface area contributed by atoms with Gasteiger partial charge in [0.25, 0.3) is 0 Å². The number of phenolic OH excluding ortho intramolecular Hbond substituents is 2. The lowest BCUT2D eigenvalue weighted by atomic mass is 9.85. The van der Waals surface area contributed by atoms with Gasteiger partial charge in [-0.25, -0.2) is 4.39 Å². The van der Waals surface area contributed by atoms with E-state index < -0.39 is 35.1 Å². The van der Waals surface area contributed by atoms with Crippen molar-refractivity contribution in [2.75, 3.05) is 20.1 Å². The molecule has 4 rings (SSSR count). The first-order valence-corrected chi connectivity index (χ1v) is 10.0. The van der Waals surface area contributed by atoms with Crippen LogP contribution in [0.4, 0.5) is 4.39 Å². The summed E-state index contributed by atoms with van der Waals surface area (Å²) in [6.45, 7) is 2.56. The van der Waals surface area contributed by atoms with Crippen LogP contribution in [0.1, 0.15) is 40.9 Å². The molecule has 1 saturated heterocycles. The van der Waals surface area contributed by atoms with Crippen molar-refractivity contribution < 1.29 is 29.2 Å². The highest BCUT2D eigenvalue weighted by Gasteiger charge is 2.34. The maximum Gasteiger partial charge on any atom is 0.202 e. The molecule has 0 saturated carbocycles. The molecule has 31 heavy (non-hydrogen) atoms. The number of β-amino-alcohol motifs (C(OH)–C–C–N with tert-alkyl or cyclic N) is 1. The summed E-state index contributed by atoms with van der Waals surface area (Å²) in [6.07, 6.45) is -1.67. The summed E-state index contributed by atoms with van der Waals surface area (Å²) in [5.74, 6) is -1.63. The number of aliphatic hydroxyl groups is 2. The maximum absolute atomic E-state index is 13.3. The van der Waals surface area contributed by atoms with Gasteiger partial charge in [-0.2, -0.15) is 0 Å². The van der Waals surface area contributed by atoms with Gasteiger partial charge in [-0.3, -0.25) is 4.79 Å². The highest BCUT2D eigenvalue weighted by molar-refractivity contribution is 5.89. The van der Waals surface area contributed by atoms with Crippen LogP contribution in [0.5, 0.6) is 11.5 Å². The second-order valence-corrected chi connectivity index (χ2v) is 8.11. The number of halogens is 1. The van der Waals surface area contributed by atoms with Crippen molar-refractivity contribution in [2.45, 2.75) is 31.5 Å². The highest BCUT2D eigenvalue weighted by Crippen LogP contribution is 2.42. The van der Waals surface area contributed by atoms with E-state index in [2.05, 4.69) is 0 Å². The molecule has 164 valence electrons. The van der Waals surface area contributed by atoms with E-state index in [9.17, 15) is 29.6 Å². The fourth-order valence-corrected chi connectivity index (χ4v) is 4.39. The average Bonchev–Trinajstić information content (AvgIpc) is 2.69. The minimum absolute atomic E-state index is 0.0105. The second kappa shape index (κ2) is 7.96. The number of hydrogen-bond acceptors (Lipinski definition) is 7. The lowest BCUT2D eigenvalue weighted by Crippen LogP contribution is -2.40. The third kappa shape index (κ3) is 3.67. The predicted molar refractivity (Wildman–Crippen MR) is 112 cm³/mol. The molecule has 3 aromatic rings. The third-order valence-corrected chi connectivity index (χ3v) is 6.00. The molecule has 0 bridgehead atoms. The molecule has 0 aliphatic carbocycles. The van der Waals surface area contributed by atoms with Gasteiger partial charge in [0.1, 0.15) is 40.1 Å². The molecule has 7 nitrogen and oxygen atoms in total. The molecule has 1 aliphatic rings. The Morgan fingerprint density at radius 3 is 2.52 bits per heavy atom. The number of aromatic hydroxyl groups is 2. The van der Waals surface area contributed by atoms with Gasteiger partial charge in [-0.15, -0.1) is 0 Å². The summed E-state index contributed by atoms with van der Waals surface area (Å²) in [7, 11) is 1.88. The smallest absolute Gasteiger partial charge is 0.202 e. The predicted octanol–water partition coefficient (Wildman–Crippen LogP) is 2.51. The Balaban J connectivity index is 1.92. The van der Waals surface area contributed by atoms with E-state index in [1.54, 1.807) is 0 Å². The SMILES string of the molecule is Cc1oc2c([C@H]3CCN(C)C[C@H]3O)c(O)cc(O)c2c(=O)c1C(O)c1ccc(F)cc1. The number of aliphatic hydroxyl groups excluding tert-OH is 2. The molecule has 0 radical (unpaired) electrons. The molecule has 1 aliphatic heterocycles. The van der Waals surface area contributed by atoms with Crippen molar-refractivity contribution in [2.24, 2.45) is 0 Å². The van der Waals surface area contributed by atoms with Crippen LogP contribution in [0.2, 0.25) is 0 Å². The van der Waals surface area contributed by atoms with Crippen molar-refractivity contribution in [1.29, 1.82) is 0 Å². The van der Waals surface area contributed by atoms with Gasteiger partial charge in [0.15, 0.2) is 0 Å². The molecule has 2 aromatic carbocycles. The molecule has 3 atom stereocenters. The van der Waals surface area contributed by atoms with E-state index in [0.717, 1.165) is 6.07 Å². The first-order chi connectivity index (χ1) is 14.7. The van der Waals surface area contributed by atoms with E-state index in [0.29, 0.717) is 25.1 Å². The van der Waals surface area contributed by atoms with Crippen molar-refractivity contribution in [1.82, 2.24) is 4.90 Å². The van der Waals surface area contributed by atoms with Gasteiger partial charge in [-0.1, -0.05) is 12.1 Å². The fourth-order valence-electron chi connectivity index (χ4n) is 4.39. The lowest BCUT2D eigenvalue weighted by Gasteiger charge is -2.34. The first-order valence-electron chi connectivity index (χ1n) is 10.0. The van der Waals surface area contributed by atoms with E-state index in [-0.39, 0.29) is 33.6 Å². The van der Waals surface area contributed by atoms with Gasteiger partial charge in [-0.05, 0) is 44.6 Å². The molecule has 0 spiro atoms. The molecule has 0 amide bonds. The van der Waals surface area contributed by atoms with Gasteiger partial charge in [0, 0.05) is 24.1 Å². The Morgan fingerprint density at radius 1 is 1.19 bits per heavy atom. The number of aryl methyl sites for hydroxylation is 1. The summed E-state index contributed by atoms with van der Waals surface area (Å²) >= 11 is 0. The molecular formula is C23H24FNO6. The van der Waals surface area contributed by atoms with E-state index in [1.165, 1.54) is 31.2 Å². The Hall–Kier alpha value is -2.94. The molecule has 1 fully saturated rings. The zero-order chi connectivity index (χ0) is 22.4. The second-order valence-electron chi connectivity index (χ2n) is 8.11. The number of likely N-dealkylation sites (N-methyl/N-ethyl adjacent to an activating group) is 1. The number of fused-ring (bicyclic) bond motifs is 1. The van der Waals surface area contributed by atoms with Crippen molar-refractivity contribution >= 4 is 11.0 Å². The zero-order valence-electron chi connectivity index (χ0n) is 17.2. The standard InChI is InChI=1S/C23H24FNO6/c1-11-18(21(29)12-3-5-13(24)6-4-12)22(30)20-16(27)9-15(26)19(23(20)31-11)14-7-8-25(2)10-17(14)28/h3-6,9,14,17,21,26-29H,7-8,10H2,1-2H3/t14-,17+,21?/m0/s1. The Labute approximate surface area is 177 Å². The summed E-state index contributed by atoms with van der Waals surface area (Å²) in [6, 6.07) is 6.13. The number of piperidine rings is 1. The quantitative estimate of drug-likeness (QED) is 0.506. The molecular weight excluding hydrogens is 405 g/mol. The Morgan fingerprint density at radius 2 is 1.87 bits per heavy atom. The Kier molecular flexibility index (Phi) is 5.47.